The number of carbonyl (C=O) groups is 3. The molecule has 3 amide bonds. The Morgan fingerprint density at radius 2 is 1.62 bits per heavy atom. The fourth-order valence-corrected chi connectivity index (χ4v) is 3.41. The molecule has 2 aromatic rings. The average Bonchev–Trinajstić information content (AvgIpc) is 2.78. The third kappa shape index (κ3) is 9.77. The van der Waals surface area contributed by atoms with E-state index in [0.717, 1.165) is 36.8 Å². The van der Waals surface area contributed by atoms with Crippen LogP contribution < -0.4 is 10.6 Å². The maximum absolute atomic E-state index is 12.8. The maximum atomic E-state index is 12.8. The topological polar surface area (TPSA) is 78.5 Å². The number of unbranched alkanes of at least 4 members (excludes halogenated alkanes) is 4. The average molecular weight is 438 g/mol. The lowest BCUT2D eigenvalue weighted by Crippen LogP contribution is -2.42. The van der Waals surface area contributed by atoms with E-state index in [1.54, 1.807) is 11.0 Å². The van der Waals surface area contributed by atoms with Gasteiger partial charge in [0, 0.05) is 18.7 Å². The van der Waals surface area contributed by atoms with E-state index < -0.39 is 0 Å². The molecule has 0 saturated heterocycles. The summed E-state index contributed by atoms with van der Waals surface area (Å²) >= 11 is 0. The predicted molar refractivity (Wildman–Crippen MR) is 128 cm³/mol. The van der Waals surface area contributed by atoms with Crippen LogP contribution in [0.25, 0.3) is 0 Å². The molecule has 2 aromatic carbocycles. The molecule has 0 bridgehead atoms. The molecule has 0 aliphatic heterocycles. The van der Waals surface area contributed by atoms with Gasteiger partial charge in [-0.05, 0) is 36.6 Å². The van der Waals surface area contributed by atoms with Gasteiger partial charge in [0.2, 0.25) is 17.7 Å². The van der Waals surface area contributed by atoms with Crippen LogP contribution in [0.1, 0.15) is 56.6 Å². The van der Waals surface area contributed by atoms with Crippen LogP contribution >= 0.6 is 0 Å². The molecular formula is C26H35N3O3. The van der Waals surface area contributed by atoms with Crippen LogP contribution in [0.4, 0.5) is 5.69 Å². The molecule has 0 unspecified atom stereocenters. The van der Waals surface area contributed by atoms with Crippen molar-refractivity contribution in [1.82, 2.24) is 10.2 Å². The van der Waals surface area contributed by atoms with Gasteiger partial charge in [-0.15, -0.1) is 0 Å². The first-order valence-electron chi connectivity index (χ1n) is 11.4. The second kappa shape index (κ2) is 14.0. The Hall–Kier alpha value is -3.15. The van der Waals surface area contributed by atoms with Gasteiger partial charge in [0.25, 0.3) is 0 Å². The van der Waals surface area contributed by atoms with Gasteiger partial charge in [-0.2, -0.15) is 0 Å². The molecule has 0 aliphatic carbocycles. The number of hydrogen-bond acceptors (Lipinski definition) is 3. The Morgan fingerprint density at radius 3 is 2.34 bits per heavy atom. The molecule has 0 radical (unpaired) electrons. The molecule has 2 N–H and O–H groups in total. The normalized spacial score (nSPS) is 10.4. The summed E-state index contributed by atoms with van der Waals surface area (Å²) in [4.78, 5) is 39.0. The predicted octanol–water partition coefficient (Wildman–Crippen LogP) is 4.44. The minimum absolute atomic E-state index is 0.0373. The summed E-state index contributed by atoms with van der Waals surface area (Å²) in [6.45, 7) is 4.27. The van der Waals surface area contributed by atoms with E-state index in [4.69, 9.17) is 0 Å². The smallest absolute Gasteiger partial charge is 0.243 e. The number of carbonyl (C=O) groups excluding carboxylic acids is 3. The summed E-state index contributed by atoms with van der Waals surface area (Å²) < 4.78 is 0. The number of nitrogens with one attached hydrogen (secondary N) is 2. The van der Waals surface area contributed by atoms with Crippen LogP contribution in [0.3, 0.4) is 0 Å². The van der Waals surface area contributed by atoms with Gasteiger partial charge < -0.3 is 15.5 Å². The van der Waals surface area contributed by atoms with E-state index in [1.807, 2.05) is 55.5 Å². The van der Waals surface area contributed by atoms with Gasteiger partial charge in [0.05, 0.1) is 13.1 Å². The van der Waals surface area contributed by atoms with Crippen LogP contribution in [-0.2, 0) is 20.9 Å². The van der Waals surface area contributed by atoms with E-state index in [9.17, 15) is 14.4 Å². The van der Waals surface area contributed by atoms with Crippen LogP contribution in [0.15, 0.2) is 54.6 Å². The van der Waals surface area contributed by atoms with Crippen LogP contribution in [0, 0.1) is 6.92 Å². The van der Waals surface area contributed by atoms with Crippen molar-refractivity contribution in [1.29, 1.82) is 0 Å². The van der Waals surface area contributed by atoms with Crippen molar-refractivity contribution in [3.63, 3.8) is 0 Å². The number of aryl methyl sites for hydroxylation is 1. The molecule has 0 spiro atoms. The number of anilines is 1. The zero-order chi connectivity index (χ0) is 23.2. The summed E-state index contributed by atoms with van der Waals surface area (Å²) in [5, 5.41) is 5.39. The lowest BCUT2D eigenvalue weighted by molar-refractivity contribution is -0.137. The molecule has 0 heterocycles. The zero-order valence-electron chi connectivity index (χ0n) is 19.2. The minimum atomic E-state index is -0.348. The van der Waals surface area contributed by atoms with Crippen molar-refractivity contribution < 1.29 is 14.4 Å². The number of nitrogens with zero attached hydrogens (tertiary/aromatic N) is 1. The second-order valence-electron chi connectivity index (χ2n) is 8.09. The first kappa shape index (κ1) is 25.1. The van der Waals surface area contributed by atoms with Gasteiger partial charge in [-0.1, -0.05) is 75.1 Å². The minimum Gasteiger partial charge on any atom is -0.345 e. The number of benzene rings is 2. The van der Waals surface area contributed by atoms with Crippen molar-refractivity contribution >= 4 is 23.4 Å². The third-order valence-electron chi connectivity index (χ3n) is 5.15. The molecule has 0 fully saturated rings. The fraction of sp³-hybridized carbons (Fsp3) is 0.423. The van der Waals surface area contributed by atoms with Gasteiger partial charge in [-0.3, -0.25) is 14.4 Å². The first-order chi connectivity index (χ1) is 15.5. The Balaban J connectivity index is 1.86. The Kier molecular flexibility index (Phi) is 11.0. The summed E-state index contributed by atoms with van der Waals surface area (Å²) in [6.07, 6.45) is 5.73. The van der Waals surface area contributed by atoms with Gasteiger partial charge in [0.1, 0.15) is 0 Å². The zero-order valence-corrected chi connectivity index (χ0v) is 19.2. The van der Waals surface area contributed by atoms with Gasteiger partial charge >= 0.3 is 0 Å². The van der Waals surface area contributed by atoms with Crippen molar-refractivity contribution in [3.8, 4) is 0 Å². The highest BCUT2D eigenvalue weighted by Crippen LogP contribution is 2.11. The SMILES string of the molecule is CCCCCCCC(=O)N(CC(=O)NCC(=O)Nc1cccc(C)c1)Cc1ccccc1. The lowest BCUT2D eigenvalue weighted by Gasteiger charge is -2.22. The van der Waals surface area contributed by atoms with E-state index in [-0.39, 0.29) is 30.8 Å². The van der Waals surface area contributed by atoms with Gasteiger partial charge in [0.15, 0.2) is 0 Å². The molecule has 0 saturated carbocycles. The number of hydrogen-bond donors (Lipinski definition) is 2. The number of rotatable bonds is 13. The van der Waals surface area contributed by atoms with Crippen LogP contribution in [0.2, 0.25) is 0 Å². The van der Waals surface area contributed by atoms with E-state index in [0.29, 0.717) is 18.7 Å². The van der Waals surface area contributed by atoms with Gasteiger partial charge in [-0.25, -0.2) is 0 Å². The Bertz CT molecular complexity index is 868. The Labute approximate surface area is 191 Å². The molecule has 0 atom stereocenters. The molecule has 32 heavy (non-hydrogen) atoms. The molecule has 6 heteroatoms. The highest BCUT2D eigenvalue weighted by Gasteiger charge is 2.18. The molecule has 2 rings (SSSR count). The Morgan fingerprint density at radius 1 is 0.875 bits per heavy atom. The molecule has 0 aliphatic rings. The maximum Gasteiger partial charge on any atom is 0.243 e. The molecule has 0 aromatic heterocycles. The van der Waals surface area contributed by atoms with Crippen molar-refractivity contribution in [2.75, 3.05) is 18.4 Å². The van der Waals surface area contributed by atoms with Crippen molar-refractivity contribution in [2.24, 2.45) is 0 Å². The lowest BCUT2D eigenvalue weighted by atomic mass is 10.1. The quantitative estimate of drug-likeness (QED) is 0.455. The summed E-state index contributed by atoms with van der Waals surface area (Å²) in [6, 6.07) is 17.1. The number of amides is 3. The molecule has 172 valence electrons. The third-order valence-corrected chi connectivity index (χ3v) is 5.15. The fourth-order valence-electron chi connectivity index (χ4n) is 3.41. The monoisotopic (exact) mass is 437 g/mol. The summed E-state index contributed by atoms with van der Waals surface area (Å²) in [7, 11) is 0. The van der Waals surface area contributed by atoms with Crippen molar-refractivity contribution in [3.05, 3.63) is 65.7 Å². The highest BCUT2D eigenvalue weighted by molar-refractivity contribution is 5.95. The van der Waals surface area contributed by atoms with E-state index in [2.05, 4.69) is 17.6 Å². The summed E-state index contributed by atoms with van der Waals surface area (Å²) in [5.41, 5.74) is 2.70. The molecular weight excluding hydrogens is 402 g/mol. The summed E-state index contributed by atoms with van der Waals surface area (Å²) in [5.74, 6) is -0.690. The van der Waals surface area contributed by atoms with E-state index >= 15 is 0 Å². The standard InChI is InChI=1S/C26H35N3O3/c1-3-4-5-6-10-16-26(32)29(19-22-13-8-7-9-14-22)20-25(31)27-18-24(30)28-23-15-11-12-21(2)17-23/h7-9,11-15,17H,3-6,10,16,18-20H2,1-2H3,(H,27,31)(H,28,30). The molecule has 6 nitrogen and oxygen atoms in total. The van der Waals surface area contributed by atoms with Crippen LogP contribution in [-0.4, -0.2) is 35.7 Å². The highest BCUT2D eigenvalue weighted by atomic mass is 16.2. The second-order valence-corrected chi connectivity index (χ2v) is 8.09. The van der Waals surface area contributed by atoms with E-state index in [1.165, 1.54) is 6.42 Å². The van der Waals surface area contributed by atoms with Crippen LogP contribution in [0.5, 0.6) is 0 Å². The van der Waals surface area contributed by atoms with Crippen molar-refractivity contribution in [2.45, 2.75) is 58.9 Å². The first-order valence-corrected chi connectivity index (χ1v) is 11.4. The largest absolute Gasteiger partial charge is 0.345 e.